The molecule has 3 aromatic heterocycles. The van der Waals surface area contributed by atoms with Crippen LogP contribution in [0.2, 0.25) is 5.02 Å². The molecule has 8 heteroatoms. The number of allylic oxidation sites excluding steroid dienone is 1. The highest BCUT2D eigenvalue weighted by atomic mass is 35.5. The Kier molecular flexibility index (Phi) is 7.56. The molecular formula is C30H30ClN5O2. The first-order chi connectivity index (χ1) is 18.4. The molecule has 1 aliphatic carbocycles. The summed E-state index contributed by atoms with van der Waals surface area (Å²) in [5, 5.41) is 11.0. The number of carbonyl (C=O) groups is 1. The van der Waals surface area contributed by atoms with Crippen molar-refractivity contribution in [3.8, 4) is 22.9 Å². The summed E-state index contributed by atoms with van der Waals surface area (Å²) in [6, 6.07) is 15.4. The van der Waals surface area contributed by atoms with Crippen molar-refractivity contribution < 1.29 is 9.53 Å². The molecule has 4 aromatic rings. The summed E-state index contributed by atoms with van der Waals surface area (Å²) < 4.78 is 5.93. The Morgan fingerprint density at radius 1 is 1.08 bits per heavy atom. The average molecular weight is 528 g/mol. The maximum Gasteiger partial charge on any atom is 0.253 e. The molecule has 2 N–H and O–H groups in total. The van der Waals surface area contributed by atoms with Crippen LogP contribution in [-0.4, -0.2) is 32.1 Å². The number of pyridine rings is 2. The van der Waals surface area contributed by atoms with Crippen LogP contribution in [0.3, 0.4) is 0 Å². The highest BCUT2D eigenvalue weighted by Gasteiger charge is 2.20. The molecule has 0 atom stereocenters. The Hall–Kier alpha value is -3.97. The predicted molar refractivity (Wildman–Crippen MR) is 149 cm³/mol. The summed E-state index contributed by atoms with van der Waals surface area (Å²) in [6.45, 7) is 5.76. The zero-order valence-corrected chi connectivity index (χ0v) is 22.5. The van der Waals surface area contributed by atoms with E-state index in [0.29, 0.717) is 16.5 Å². The first-order valence-electron chi connectivity index (χ1n) is 12.7. The lowest BCUT2D eigenvalue weighted by Crippen LogP contribution is -2.36. The van der Waals surface area contributed by atoms with Gasteiger partial charge in [0.15, 0.2) is 0 Å². The summed E-state index contributed by atoms with van der Waals surface area (Å²) in [5.41, 5.74) is 7.40. The van der Waals surface area contributed by atoms with Gasteiger partial charge in [-0.25, -0.2) is 4.98 Å². The summed E-state index contributed by atoms with van der Waals surface area (Å²) in [4.78, 5) is 21.7. The number of H-pyrrole nitrogens is 1. The molecule has 194 valence electrons. The van der Waals surface area contributed by atoms with Crippen molar-refractivity contribution in [3.05, 3.63) is 93.5 Å². The lowest BCUT2D eigenvalue weighted by Gasteiger charge is -2.25. The molecule has 3 heterocycles. The topological polar surface area (TPSA) is 92.8 Å². The van der Waals surface area contributed by atoms with Gasteiger partial charge in [-0.2, -0.15) is 5.10 Å². The number of benzene rings is 1. The van der Waals surface area contributed by atoms with E-state index in [9.17, 15) is 4.79 Å². The van der Waals surface area contributed by atoms with E-state index < -0.39 is 0 Å². The summed E-state index contributed by atoms with van der Waals surface area (Å²) in [6.07, 6.45) is 7.53. The Morgan fingerprint density at radius 2 is 1.89 bits per heavy atom. The van der Waals surface area contributed by atoms with Gasteiger partial charge in [0.25, 0.3) is 5.91 Å². The minimum absolute atomic E-state index is 0.0852. The Balaban J connectivity index is 1.16. The van der Waals surface area contributed by atoms with Crippen molar-refractivity contribution in [2.45, 2.75) is 52.5 Å². The number of amides is 1. The molecule has 0 radical (unpaired) electrons. The SMILES string of the molecule is Cc1nc(Oc2cccc(C=C3CCC(NC(=O)c4ccc(-c5c(C)n[nH]c5C)nc4)CC3)c2)ccc1Cl. The van der Waals surface area contributed by atoms with E-state index in [4.69, 9.17) is 16.3 Å². The van der Waals surface area contributed by atoms with E-state index in [0.717, 1.165) is 65.3 Å². The second-order valence-corrected chi connectivity index (χ2v) is 10.1. The quantitative estimate of drug-likeness (QED) is 0.282. The maximum absolute atomic E-state index is 12.8. The largest absolute Gasteiger partial charge is 0.439 e. The van der Waals surface area contributed by atoms with E-state index in [1.807, 2.05) is 51.1 Å². The number of rotatable bonds is 6. The smallest absolute Gasteiger partial charge is 0.253 e. The number of nitrogens with zero attached hydrogens (tertiary/aromatic N) is 3. The molecule has 1 aromatic carbocycles. The van der Waals surface area contributed by atoms with Gasteiger partial charge >= 0.3 is 0 Å². The second kappa shape index (κ2) is 11.2. The Morgan fingerprint density at radius 3 is 2.58 bits per heavy atom. The van der Waals surface area contributed by atoms with E-state index >= 15 is 0 Å². The lowest BCUT2D eigenvalue weighted by atomic mass is 9.89. The van der Waals surface area contributed by atoms with Crippen molar-refractivity contribution in [3.63, 3.8) is 0 Å². The zero-order chi connectivity index (χ0) is 26.6. The van der Waals surface area contributed by atoms with Gasteiger partial charge in [0.1, 0.15) is 5.75 Å². The molecule has 38 heavy (non-hydrogen) atoms. The number of aromatic nitrogens is 4. The van der Waals surface area contributed by atoms with Crippen LogP contribution in [0.5, 0.6) is 11.6 Å². The van der Waals surface area contributed by atoms with Crippen LogP contribution < -0.4 is 10.1 Å². The van der Waals surface area contributed by atoms with Crippen molar-refractivity contribution in [1.29, 1.82) is 0 Å². The number of hydrogen-bond acceptors (Lipinski definition) is 5. The van der Waals surface area contributed by atoms with E-state index in [1.54, 1.807) is 18.3 Å². The summed E-state index contributed by atoms with van der Waals surface area (Å²) in [5.74, 6) is 1.16. The molecular weight excluding hydrogens is 498 g/mol. The first kappa shape index (κ1) is 25.7. The van der Waals surface area contributed by atoms with Crippen molar-refractivity contribution in [2.24, 2.45) is 0 Å². The molecule has 7 nitrogen and oxygen atoms in total. The number of nitrogens with one attached hydrogen (secondary N) is 2. The summed E-state index contributed by atoms with van der Waals surface area (Å²) in [7, 11) is 0. The molecule has 0 bridgehead atoms. The standard InChI is InChI=1S/C30H30ClN5O2/c1-18-26(31)12-14-28(33-18)38-25-6-4-5-22(16-25)15-21-7-10-24(11-8-21)34-30(37)23-9-13-27(32-17-23)29-19(2)35-36-20(29)3/h4-6,9,12-17,24H,7-8,10-11H2,1-3H3,(H,34,37)(H,35,36). The number of aromatic amines is 1. The van der Waals surface area contributed by atoms with Crippen molar-refractivity contribution in [1.82, 2.24) is 25.5 Å². The van der Waals surface area contributed by atoms with Crippen LogP contribution in [0.25, 0.3) is 17.3 Å². The van der Waals surface area contributed by atoms with Crippen LogP contribution in [0.1, 0.15) is 58.7 Å². The predicted octanol–water partition coefficient (Wildman–Crippen LogP) is 6.99. The molecule has 0 saturated heterocycles. The van der Waals surface area contributed by atoms with Crippen LogP contribution in [0.15, 0.2) is 60.3 Å². The van der Waals surface area contributed by atoms with Crippen LogP contribution in [-0.2, 0) is 0 Å². The molecule has 1 aliphatic rings. The minimum atomic E-state index is -0.0852. The fraction of sp³-hybridized carbons (Fsp3) is 0.267. The molecule has 5 rings (SSSR count). The van der Waals surface area contributed by atoms with E-state index in [2.05, 4.69) is 37.6 Å². The average Bonchev–Trinajstić information content (AvgIpc) is 3.25. The van der Waals surface area contributed by atoms with E-state index in [1.165, 1.54) is 5.57 Å². The number of carbonyl (C=O) groups excluding carboxylic acids is 1. The third-order valence-electron chi connectivity index (χ3n) is 6.82. The van der Waals surface area contributed by atoms with Gasteiger partial charge in [-0.05, 0) is 82.3 Å². The van der Waals surface area contributed by atoms with Crippen molar-refractivity contribution >= 4 is 23.6 Å². The fourth-order valence-electron chi connectivity index (χ4n) is 4.75. The Bertz CT molecular complexity index is 1460. The lowest BCUT2D eigenvalue weighted by molar-refractivity contribution is 0.0930. The number of halogens is 1. The fourth-order valence-corrected chi connectivity index (χ4v) is 4.86. The highest BCUT2D eigenvalue weighted by Crippen LogP contribution is 2.29. The Labute approximate surface area is 227 Å². The van der Waals surface area contributed by atoms with Gasteiger partial charge < -0.3 is 10.1 Å². The zero-order valence-electron chi connectivity index (χ0n) is 21.7. The third-order valence-corrected chi connectivity index (χ3v) is 7.22. The number of aryl methyl sites for hydroxylation is 3. The molecule has 0 aliphatic heterocycles. The molecule has 0 unspecified atom stereocenters. The first-order valence-corrected chi connectivity index (χ1v) is 13.1. The second-order valence-electron chi connectivity index (χ2n) is 9.68. The number of hydrogen-bond donors (Lipinski definition) is 2. The monoisotopic (exact) mass is 527 g/mol. The normalized spacial score (nSPS) is 15.3. The van der Waals surface area contributed by atoms with Crippen LogP contribution in [0.4, 0.5) is 0 Å². The molecule has 1 amide bonds. The number of ether oxygens (including phenoxy) is 1. The van der Waals surface area contributed by atoms with Crippen LogP contribution in [0, 0.1) is 20.8 Å². The third kappa shape index (κ3) is 5.94. The van der Waals surface area contributed by atoms with E-state index in [-0.39, 0.29) is 11.9 Å². The van der Waals surface area contributed by atoms with Crippen LogP contribution >= 0.6 is 11.6 Å². The van der Waals surface area contributed by atoms with Gasteiger partial charge in [0, 0.05) is 29.6 Å². The molecule has 1 saturated carbocycles. The molecule has 1 fully saturated rings. The molecule has 0 spiro atoms. The minimum Gasteiger partial charge on any atom is -0.439 e. The van der Waals surface area contributed by atoms with Gasteiger partial charge in [-0.3, -0.25) is 14.9 Å². The van der Waals surface area contributed by atoms with Gasteiger partial charge in [-0.15, -0.1) is 0 Å². The highest BCUT2D eigenvalue weighted by molar-refractivity contribution is 6.31. The van der Waals surface area contributed by atoms with Gasteiger partial charge in [0.2, 0.25) is 5.88 Å². The van der Waals surface area contributed by atoms with Gasteiger partial charge in [0.05, 0.1) is 27.7 Å². The van der Waals surface area contributed by atoms with Crippen molar-refractivity contribution in [2.75, 3.05) is 0 Å². The maximum atomic E-state index is 12.8. The summed E-state index contributed by atoms with van der Waals surface area (Å²) >= 11 is 6.06. The van der Waals surface area contributed by atoms with Gasteiger partial charge in [-0.1, -0.05) is 35.4 Å².